The SMILES string of the molecule is C#CC(C)(C)NCc1ccc(-n2ccnc2)cc1. The molecule has 18 heavy (non-hydrogen) atoms. The third-order valence-electron chi connectivity index (χ3n) is 2.83. The van der Waals surface area contributed by atoms with Crippen LogP contribution >= 0.6 is 0 Å². The third kappa shape index (κ3) is 2.99. The van der Waals surface area contributed by atoms with Crippen molar-refractivity contribution in [2.75, 3.05) is 0 Å². The van der Waals surface area contributed by atoms with Gasteiger partial charge in [0.15, 0.2) is 0 Å². The number of rotatable bonds is 4. The van der Waals surface area contributed by atoms with Crippen molar-refractivity contribution >= 4 is 0 Å². The molecular weight excluding hydrogens is 222 g/mol. The fourth-order valence-corrected chi connectivity index (χ4v) is 1.57. The van der Waals surface area contributed by atoms with Crippen LogP contribution in [0.2, 0.25) is 0 Å². The van der Waals surface area contributed by atoms with E-state index >= 15 is 0 Å². The molecule has 1 aromatic heterocycles. The molecule has 0 aliphatic heterocycles. The summed E-state index contributed by atoms with van der Waals surface area (Å²) in [6.07, 6.45) is 10.9. The average molecular weight is 239 g/mol. The Morgan fingerprint density at radius 3 is 2.61 bits per heavy atom. The quantitative estimate of drug-likeness (QED) is 0.830. The van der Waals surface area contributed by atoms with Gasteiger partial charge in [-0.05, 0) is 31.5 Å². The highest BCUT2D eigenvalue weighted by Crippen LogP contribution is 2.10. The maximum atomic E-state index is 5.44. The highest BCUT2D eigenvalue weighted by molar-refractivity contribution is 5.34. The largest absolute Gasteiger partial charge is 0.306 e. The van der Waals surface area contributed by atoms with E-state index in [4.69, 9.17) is 6.42 Å². The van der Waals surface area contributed by atoms with E-state index in [0.717, 1.165) is 12.2 Å². The Hall–Kier alpha value is -2.05. The molecule has 0 saturated heterocycles. The number of aromatic nitrogens is 2. The molecule has 2 rings (SSSR count). The molecule has 3 heteroatoms. The second-order valence-corrected chi connectivity index (χ2v) is 4.76. The Labute approximate surface area is 108 Å². The summed E-state index contributed by atoms with van der Waals surface area (Å²) < 4.78 is 1.97. The van der Waals surface area contributed by atoms with E-state index in [-0.39, 0.29) is 5.54 Å². The fraction of sp³-hybridized carbons (Fsp3) is 0.267. The molecule has 0 radical (unpaired) electrons. The minimum absolute atomic E-state index is 0.275. The van der Waals surface area contributed by atoms with E-state index in [9.17, 15) is 0 Å². The van der Waals surface area contributed by atoms with Crippen LogP contribution in [0.1, 0.15) is 19.4 Å². The van der Waals surface area contributed by atoms with Gasteiger partial charge in [0, 0.05) is 24.6 Å². The molecule has 0 aliphatic carbocycles. The average Bonchev–Trinajstić information content (AvgIpc) is 2.91. The second kappa shape index (κ2) is 5.07. The lowest BCUT2D eigenvalue weighted by molar-refractivity contribution is 0.491. The summed E-state index contributed by atoms with van der Waals surface area (Å²) in [6.45, 7) is 4.75. The van der Waals surface area contributed by atoms with Crippen LogP contribution in [0.25, 0.3) is 5.69 Å². The van der Waals surface area contributed by atoms with Crippen molar-refractivity contribution in [3.05, 3.63) is 48.5 Å². The van der Waals surface area contributed by atoms with Gasteiger partial charge in [-0.3, -0.25) is 5.32 Å². The molecule has 1 heterocycles. The van der Waals surface area contributed by atoms with Crippen LogP contribution in [0.4, 0.5) is 0 Å². The molecule has 0 bridgehead atoms. The van der Waals surface area contributed by atoms with Gasteiger partial charge >= 0.3 is 0 Å². The van der Waals surface area contributed by atoms with Crippen LogP contribution in [-0.4, -0.2) is 15.1 Å². The molecule has 0 atom stereocenters. The Bertz CT molecular complexity index is 530. The molecule has 92 valence electrons. The molecule has 3 nitrogen and oxygen atoms in total. The summed E-state index contributed by atoms with van der Waals surface area (Å²) in [7, 11) is 0. The molecule has 1 N–H and O–H groups in total. The zero-order chi connectivity index (χ0) is 13.0. The lowest BCUT2D eigenvalue weighted by Gasteiger charge is -2.19. The van der Waals surface area contributed by atoms with Crippen molar-refractivity contribution in [2.24, 2.45) is 0 Å². The number of terminal acetylenes is 1. The molecular formula is C15H17N3. The van der Waals surface area contributed by atoms with E-state index in [1.165, 1.54) is 5.56 Å². The van der Waals surface area contributed by atoms with Gasteiger partial charge in [-0.1, -0.05) is 18.1 Å². The van der Waals surface area contributed by atoms with E-state index < -0.39 is 0 Å². The molecule has 0 saturated carbocycles. The topological polar surface area (TPSA) is 29.9 Å². The van der Waals surface area contributed by atoms with Gasteiger partial charge in [-0.25, -0.2) is 4.98 Å². The second-order valence-electron chi connectivity index (χ2n) is 4.76. The predicted molar refractivity (Wildman–Crippen MR) is 73.3 cm³/mol. The highest BCUT2D eigenvalue weighted by atomic mass is 15.0. The van der Waals surface area contributed by atoms with Gasteiger partial charge in [0.2, 0.25) is 0 Å². The molecule has 1 aromatic carbocycles. The van der Waals surface area contributed by atoms with Crippen LogP contribution < -0.4 is 5.32 Å². The van der Waals surface area contributed by atoms with Gasteiger partial charge in [0.1, 0.15) is 0 Å². The Kier molecular flexibility index (Phi) is 3.50. The first-order valence-electron chi connectivity index (χ1n) is 5.91. The van der Waals surface area contributed by atoms with Crippen LogP contribution in [-0.2, 0) is 6.54 Å². The summed E-state index contributed by atoms with van der Waals surface area (Å²) in [5.74, 6) is 2.72. The van der Waals surface area contributed by atoms with Gasteiger partial charge < -0.3 is 4.57 Å². The van der Waals surface area contributed by atoms with Gasteiger partial charge in [0.25, 0.3) is 0 Å². The minimum atomic E-state index is -0.275. The number of hydrogen-bond acceptors (Lipinski definition) is 2. The Balaban J connectivity index is 2.03. The van der Waals surface area contributed by atoms with Crippen molar-refractivity contribution in [1.29, 1.82) is 0 Å². The van der Waals surface area contributed by atoms with Gasteiger partial charge in [-0.15, -0.1) is 6.42 Å². The number of nitrogens with one attached hydrogen (secondary N) is 1. The minimum Gasteiger partial charge on any atom is -0.306 e. The monoisotopic (exact) mass is 239 g/mol. The highest BCUT2D eigenvalue weighted by Gasteiger charge is 2.11. The van der Waals surface area contributed by atoms with Crippen molar-refractivity contribution < 1.29 is 0 Å². The van der Waals surface area contributed by atoms with E-state index in [1.54, 1.807) is 12.5 Å². The molecule has 0 amide bonds. The summed E-state index contributed by atoms with van der Waals surface area (Å²) in [5.41, 5.74) is 2.04. The van der Waals surface area contributed by atoms with Crippen LogP contribution in [0, 0.1) is 12.3 Å². The third-order valence-corrected chi connectivity index (χ3v) is 2.83. The maximum absolute atomic E-state index is 5.44. The normalized spacial score (nSPS) is 11.2. The zero-order valence-corrected chi connectivity index (χ0v) is 10.7. The summed E-state index contributed by atoms with van der Waals surface area (Å²) in [4.78, 5) is 4.03. The molecule has 0 spiro atoms. The van der Waals surface area contributed by atoms with Crippen LogP contribution in [0.5, 0.6) is 0 Å². The van der Waals surface area contributed by atoms with Crippen molar-refractivity contribution in [1.82, 2.24) is 14.9 Å². The maximum Gasteiger partial charge on any atom is 0.0991 e. The summed E-state index contributed by atoms with van der Waals surface area (Å²) in [5, 5.41) is 3.32. The number of nitrogens with zero attached hydrogens (tertiary/aromatic N) is 2. The first kappa shape index (κ1) is 12.4. The van der Waals surface area contributed by atoms with Crippen molar-refractivity contribution in [2.45, 2.75) is 25.9 Å². The molecule has 0 fully saturated rings. The smallest absolute Gasteiger partial charge is 0.0991 e. The standard InChI is InChI=1S/C15H17N3/c1-4-15(2,3)17-11-13-5-7-14(8-6-13)18-10-9-16-12-18/h1,5-10,12,17H,11H2,2-3H3. The van der Waals surface area contributed by atoms with E-state index in [0.29, 0.717) is 0 Å². The van der Waals surface area contributed by atoms with E-state index in [2.05, 4.69) is 40.5 Å². The van der Waals surface area contributed by atoms with Crippen LogP contribution in [0.3, 0.4) is 0 Å². The van der Waals surface area contributed by atoms with E-state index in [1.807, 2.05) is 24.6 Å². The molecule has 0 aliphatic rings. The Morgan fingerprint density at radius 1 is 1.33 bits per heavy atom. The first-order chi connectivity index (χ1) is 8.61. The number of hydrogen-bond donors (Lipinski definition) is 1. The van der Waals surface area contributed by atoms with Crippen molar-refractivity contribution in [3.8, 4) is 18.0 Å². The summed E-state index contributed by atoms with van der Waals surface area (Å²) >= 11 is 0. The summed E-state index contributed by atoms with van der Waals surface area (Å²) in [6, 6.07) is 8.33. The molecule has 2 aromatic rings. The first-order valence-corrected chi connectivity index (χ1v) is 5.91. The zero-order valence-electron chi connectivity index (χ0n) is 10.7. The van der Waals surface area contributed by atoms with Crippen molar-refractivity contribution in [3.63, 3.8) is 0 Å². The van der Waals surface area contributed by atoms with Crippen LogP contribution in [0.15, 0.2) is 43.0 Å². The van der Waals surface area contributed by atoms with Gasteiger partial charge in [0.05, 0.1) is 11.9 Å². The predicted octanol–water partition coefficient (Wildman–Crippen LogP) is 2.37. The molecule has 0 unspecified atom stereocenters. The van der Waals surface area contributed by atoms with Gasteiger partial charge in [-0.2, -0.15) is 0 Å². The Morgan fingerprint density at radius 2 is 2.06 bits per heavy atom. The lowest BCUT2D eigenvalue weighted by Crippen LogP contribution is -2.36. The fourth-order valence-electron chi connectivity index (χ4n) is 1.57. The number of benzene rings is 1. The number of imidazole rings is 1. The lowest BCUT2D eigenvalue weighted by atomic mass is 10.1.